The number of rotatable bonds is 5. The minimum atomic E-state index is -0.403. The van der Waals surface area contributed by atoms with Crippen LogP contribution < -0.4 is 5.32 Å². The fourth-order valence-corrected chi connectivity index (χ4v) is 2.04. The Morgan fingerprint density at radius 2 is 2.17 bits per heavy atom. The molecule has 0 aromatic heterocycles. The number of carbonyl (C=O) groups excluding carboxylic acids is 1. The molecule has 2 N–H and O–H groups in total. The van der Waals surface area contributed by atoms with Crippen molar-refractivity contribution >= 4 is 17.5 Å². The highest BCUT2D eigenvalue weighted by molar-refractivity contribution is 6.33. The van der Waals surface area contributed by atoms with Crippen LogP contribution in [0.3, 0.4) is 0 Å². The molecule has 0 aliphatic carbocycles. The Kier molecular flexibility index (Phi) is 5.17. The second-order valence-electron chi connectivity index (χ2n) is 4.83. The molecule has 1 amide bonds. The summed E-state index contributed by atoms with van der Waals surface area (Å²) in [5, 5.41) is 12.4. The molecule has 0 fully saturated rings. The average Bonchev–Trinajstić information content (AvgIpc) is 2.28. The van der Waals surface area contributed by atoms with Crippen LogP contribution in [0, 0.1) is 6.92 Å². The highest BCUT2D eigenvalue weighted by Gasteiger charge is 2.25. The lowest BCUT2D eigenvalue weighted by Crippen LogP contribution is -2.46. The summed E-state index contributed by atoms with van der Waals surface area (Å²) in [6.45, 7) is 5.87. The average molecular weight is 270 g/mol. The highest BCUT2D eigenvalue weighted by atomic mass is 35.5. The van der Waals surface area contributed by atoms with Gasteiger partial charge in [-0.2, -0.15) is 0 Å². The third-order valence-electron chi connectivity index (χ3n) is 3.23. The first kappa shape index (κ1) is 15.0. The molecule has 4 heteroatoms. The van der Waals surface area contributed by atoms with Crippen LogP contribution in [0.25, 0.3) is 0 Å². The van der Waals surface area contributed by atoms with Gasteiger partial charge in [-0.1, -0.05) is 24.6 Å². The number of benzene rings is 1. The molecule has 0 radical (unpaired) electrons. The van der Waals surface area contributed by atoms with E-state index < -0.39 is 5.54 Å². The number of aliphatic hydroxyl groups is 1. The molecule has 0 spiro atoms. The molecule has 1 unspecified atom stereocenters. The minimum absolute atomic E-state index is 0.0479. The molecule has 3 nitrogen and oxygen atoms in total. The second-order valence-corrected chi connectivity index (χ2v) is 5.23. The summed E-state index contributed by atoms with van der Waals surface area (Å²) in [7, 11) is 0. The Morgan fingerprint density at radius 1 is 1.50 bits per heavy atom. The topological polar surface area (TPSA) is 49.3 Å². The van der Waals surface area contributed by atoms with Crippen LogP contribution in [0.1, 0.15) is 42.6 Å². The Balaban J connectivity index is 2.87. The molecule has 100 valence electrons. The number of carbonyl (C=O) groups is 1. The van der Waals surface area contributed by atoms with Crippen molar-refractivity contribution < 1.29 is 9.90 Å². The van der Waals surface area contributed by atoms with E-state index in [1.807, 2.05) is 26.8 Å². The summed E-state index contributed by atoms with van der Waals surface area (Å²) in [6, 6.07) is 5.35. The zero-order chi connectivity index (χ0) is 13.8. The Morgan fingerprint density at radius 3 is 2.67 bits per heavy atom. The minimum Gasteiger partial charge on any atom is -0.396 e. The van der Waals surface area contributed by atoms with Crippen molar-refractivity contribution in [2.24, 2.45) is 0 Å². The van der Waals surface area contributed by atoms with Crippen molar-refractivity contribution in [3.8, 4) is 0 Å². The second kappa shape index (κ2) is 6.21. The molecule has 0 saturated heterocycles. The largest absolute Gasteiger partial charge is 0.396 e. The van der Waals surface area contributed by atoms with Gasteiger partial charge in [-0.3, -0.25) is 4.79 Å². The lowest BCUT2D eigenvalue weighted by molar-refractivity contribution is 0.0886. The Labute approximate surface area is 113 Å². The van der Waals surface area contributed by atoms with Gasteiger partial charge in [0.2, 0.25) is 0 Å². The number of nitrogens with one attached hydrogen (secondary N) is 1. The van der Waals surface area contributed by atoms with Gasteiger partial charge in [0, 0.05) is 12.1 Å². The van der Waals surface area contributed by atoms with Gasteiger partial charge in [0.05, 0.1) is 10.6 Å². The summed E-state index contributed by atoms with van der Waals surface area (Å²) >= 11 is 6.06. The van der Waals surface area contributed by atoms with E-state index in [0.717, 1.165) is 12.0 Å². The molecule has 0 bridgehead atoms. The lowest BCUT2D eigenvalue weighted by atomic mass is 9.94. The van der Waals surface area contributed by atoms with Gasteiger partial charge >= 0.3 is 0 Å². The molecule has 0 aliphatic rings. The van der Waals surface area contributed by atoms with Crippen molar-refractivity contribution in [2.75, 3.05) is 6.61 Å². The van der Waals surface area contributed by atoms with Crippen molar-refractivity contribution in [1.82, 2.24) is 5.32 Å². The Bertz CT molecular complexity index is 434. The summed E-state index contributed by atoms with van der Waals surface area (Å²) in [5.41, 5.74) is 1.09. The van der Waals surface area contributed by atoms with E-state index in [0.29, 0.717) is 17.0 Å². The van der Waals surface area contributed by atoms with Gasteiger partial charge in [-0.25, -0.2) is 0 Å². The quantitative estimate of drug-likeness (QED) is 0.863. The third kappa shape index (κ3) is 3.72. The van der Waals surface area contributed by atoms with Crippen LogP contribution in [0.4, 0.5) is 0 Å². The van der Waals surface area contributed by atoms with E-state index in [1.54, 1.807) is 12.1 Å². The van der Waals surface area contributed by atoms with Crippen molar-refractivity contribution in [3.05, 3.63) is 34.3 Å². The van der Waals surface area contributed by atoms with E-state index >= 15 is 0 Å². The van der Waals surface area contributed by atoms with E-state index in [1.165, 1.54) is 0 Å². The number of amides is 1. The molecule has 0 saturated carbocycles. The van der Waals surface area contributed by atoms with E-state index in [9.17, 15) is 4.79 Å². The fourth-order valence-electron chi connectivity index (χ4n) is 1.72. The summed E-state index contributed by atoms with van der Waals surface area (Å²) in [5.74, 6) is -0.196. The summed E-state index contributed by atoms with van der Waals surface area (Å²) in [6.07, 6.45) is 1.28. The summed E-state index contributed by atoms with van der Waals surface area (Å²) in [4.78, 5) is 12.1. The van der Waals surface area contributed by atoms with Crippen LogP contribution in [0.5, 0.6) is 0 Å². The molecule has 0 aliphatic heterocycles. The maximum absolute atomic E-state index is 12.1. The molecule has 0 heterocycles. The van der Waals surface area contributed by atoms with Gasteiger partial charge < -0.3 is 10.4 Å². The molecule has 1 aromatic rings. The molecule has 1 rings (SSSR count). The van der Waals surface area contributed by atoms with E-state index in [4.69, 9.17) is 16.7 Å². The molecular formula is C14H20ClNO2. The first-order chi connectivity index (χ1) is 8.41. The first-order valence-corrected chi connectivity index (χ1v) is 6.49. The van der Waals surface area contributed by atoms with Crippen molar-refractivity contribution in [1.29, 1.82) is 0 Å². The normalized spacial score (nSPS) is 14.1. The van der Waals surface area contributed by atoms with Crippen LogP contribution >= 0.6 is 11.6 Å². The van der Waals surface area contributed by atoms with Crippen LogP contribution in [-0.2, 0) is 0 Å². The zero-order valence-corrected chi connectivity index (χ0v) is 11.8. The maximum atomic E-state index is 12.1. The molecule has 1 aromatic carbocycles. The third-order valence-corrected chi connectivity index (χ3v) is 3.54. The fraction of sp³-hybridized carbons (Fsp3) is 0.500. The van der Waals surface area contributed by atoms with Gasteiger partial charge in [-0.05, 0) is 44.4 Å². The smallest absolute Gasteiger partial charge is 0.253 e. The number of halogens is 1. The molecular weight excluding hydrogens is 250 g/mol. The van der Waals surface area contributed by atoms with Crippen molar-refractivity contribution in [3.63, 3.8) is 0 Å². The molecule has 1 atom stereocenters. The SMILES string of the molecule is CCC(C)(CCO)NC(=O)c1ccc(C)cc1Cl. The standard InChI is InChI=1S/C14H20ClNO2/c1-4-14(3,7-8-17)16-13(18)11-6-5-10(2)9-12(11)15/h5-6,9,17H,4,7-8H2,1-3H3,(H,16,18). The predicted molar refractivity (Wildman–Crippen MR) is 74.1 cm³/mol. The highest BCUT2D eigenvalue weighted by Crippen LogP contribution is 2.20. The predicted octanol–water partition coefficient (Wildman–Crippen LogP) is 2.93. The van der Waals surface area contributed by atoms with Gasteiger partial charge in [0.25, 0.3) is 5.91 Å². The van der Waals surface area contributed by atoms with Gasteiger partial charge in [-0.15, -0.1) is 0 Å². The monoisotopic (exact) mass is 269 g/mol. The lowest BCUT2D eigenvalue weighted by Gasteiger charge is -2.29. The number of hydrogen-bond donors (Lipinski definition) is 2. The van der Waals surface area contributed by atoms with Crippen LogP contribution in [0.15, 0.2) is 18.2 Å². The zero-order valence-electron chi connectivity index (χ0n) is 11.1. The maximum Gasteiger partial charge on any atom is 0.253 e. The number of hydrogen-bond acceptors (Lipinski definition) is 2. The van der Waals surface area contributed by atoms with Gasteiger partial charge in [0.15, 0.2) is 0 Å². The van der Waals surface area contributed by atoms with Crippen molar-refractivity contribution in [2.45, 2.75) is 39.2 Å². The van der Waals surface area contributed by atoms with Crippen LogP contribution in [-0.4, -0.2) is 23.2 Å². The first-order valence-electron chi connectivity index (χ1n) is 6.11. The number of aryl methyl sites for hydroxylation is 1. The van der Waals surface area contributed by atoms with E-state index in [2.05, 4.69) is 5.32 Å². The van der Waals surface area contributed by atoms with Gasteiger partial charge in [0.1, 0.15) is 0 Å². The van der Waals surface area contributed by atoms with Crippen LogP contribution in [0.2, 0.25) is 5.02 Å². The molecule has 18 heavy (non-hydrogen) atoms. The van der Waals surface area contributed by atoms with E-state index in [-0.39, 0.29) is 12.5 Å². The Hall–Kier alpha value is -1.06. The summed E-state index contributed by atoms with van der Waals surface area (Å²) < 4.78 is 0. The number of aliphatic hydroxyl groups excluding tert-OH is 1.